The number of hydrogen-bond acceptors (Lipinski definition) is 6. The Hall–Kier alpha value is -4.24. The van der Waals surface area contributed by atoms with Gasteiger partial charge in [0.1, 0.15) is 24.7 Å². The van der Waals surface area contributed by atoms with E-state index in [0.717, 1.165) is 11.3 Å². The van der Waals surface area contributed by atoms with Gasteiger partial charge in [-0.3, -0.25) is 9.59 Å². The van der Waals surface area contributed by atoms with E-state index in [1.165, 1.54) is 13.2 Å². The Morgan fingerprint density at radius 1 is 0.750 bits per heavy atom. The predicted molar refractivity (Wildman–Crippen MR) is 118 cm³/mol. The minimum atomic E-state index is -0.675. The van der Waals surface area contributed by atoms with Gasteiger partial charge in [0, 0.05) is 28.3 Å². The van der Waals surface area contributed by atoms with Crippen LogP contribution >= 0.6 is 0 Å². The van der Waals surface area contributed by atoms with Crippen LogP contribution in [0.2, 0.25) is 0 Å². The number of carbonyl (C=O) groups is 2. The molecule has 0 unspecified atom stereocenters. The molecule has 0 bridgehead atoms. The van der Waals surface area contributed by atoms with Crippen LogP contribution in [0.25, 0.3) is 0 Å². The standard InChI is InChI=1S/C26H20O6/c1-29-20-9-4-17(5-10-20)3-6-19-15-23-24(32-14-13-31-23)16-22(19)26(28)25(27)18-7-11-21(30-2)12-8-18/h4-5,7-12,15-16H,13-14H2,1-2H3. The van der Waals surface area contributed by atoms with Crippen LogP contribution in [-0.2, 0) is 0 Å². The predicted octanol–water partition coefficient (Wildman–Crippen LogP) is 3.94. The summed E-state index contributed by atoms with van der Waals surface area (Å²) in [6.07, 6.45) is 0. The fourth-order valence-electron chi connectivity index (χ4n) is 3.19. The number of rotatable bonds is 5. The van der Waals surface area contributed by atoms with Gasteiger partial charge in [0.05, 0.1) is 14.2 Å². The Labute approximate surface area is 185 Å². The van der Waals surface area contributed by atoms with Gasteiger partial charge >= 0.3 is 0 Å². The van der Waals surface area contributed by atoms with E-state index in [9.17, 15) is 9.59 Å². The molecule has 0 N–H and O–H groups in total. The third kappa shape index (κ3) is 4.42. The SMILES string of the molecule is COc1ccc(C#Cc2cc3c(cc2C(=O)C(=O)c2ccc(OC)cc2)OCCO3)cc1. The lowest BCUT2D eigenvalue weighted by Crippen LogP contribution is -2.19. The highest BCUT2D eigenvalue weighted by Gasteiger charge is 2.24. The van der Waals surface area contributed by atoms with E-state index in [2.05, 4.69) is 11.8 Å². The third-order valence-electron chi connectivity index (χ3n) is 4.92. The molecule has 0 aliphatic carbocycles. The minimum Gasteiger partial charge on any atom is -0.497 e. The molecule has 3 aromatic rings. The van der Waals surface area contributed by atoms with Gasteiger partial charge in [0.25, 0.3) is 0 Å². The van der Waals surface area contributed by atoms with E-state index in [-0.39, 0.29) is 11.1 Å². The van der Waals surface area contributed by atoms with Crippen LogP contribution in [0, 0.1) is 11.8 Å². The number of ketones is 2. The molecule has 1 aliphatic heterocycles. The molecule has 0 saturated heterocycles. The number of methoxy groups -OCH3 is 2. The summed E-state index contributed by atoms with van der Waals surface area (Å²) in [5.41, 5.74) is 1.55. The molecule has 160 valence electrons. The highest BCUT2D eigenvalue weighted by molar-refractivity contribution is 6.49. The van der Waals surface area contributed by atoms with E-state index < -0.39 is 11.6 Å². The summed E-state index contributed by atoms with van der Waals surface area (Å²) in [5.74, 6) is 6.93. The first-order chi connectivity index (χ1) is 15.6. The maximum absolute atomic E-state index is 13.1. The molecule has 4 rings (SSSR count). The largest absolute Gasteiger partial charge is 0.497 e. The molecule has 0 aromatic heterocycles. The number of hydrogen-bond donors (Lipinski definition) is 0. The summed E-state index contributed by atoms with van der Waals surface area (Å²) >= 11 is 0. The molecular formula is C26H20O6. The van der Waals surface area contributed by atoms with Crippen molar-refractivity contribution < 1.29 is 28.5 Å². The monoisotopic (exact) mass is 428 g/mol. The molecule has 1 aliphatic rings. The molecule has 6 heteroatoms. The molecule has 0 spiro atoms. The fourth-order valence-corrected chi connectivity index (χ4v) is 3.19. The number of benzene rings is 3. The van der Waals surface area contributed by atoms with Crippen molar-refractivity contribution in [3.05, 3.63) is 82.9 Å². The molecule has 6 nitrogen and oxygen atoms in total. The summed E-state index contributed by atoms with van der Waals surface area (Å²) in [6, 6.07) is 16.8. The second-order valence-corrected chi connectivity index (χ2v) is 6.91. The minimum absolute atomic E-state index is 0.163. The first-order valence-corrected chi connectivity index (χ1v) is 9.92. The lowest BCUT2D eigenvalue weighted by Gasteiger charge is -2.19. The summed E-state index contributed by atoms with van der Waals surface area (Å²) in [7, 11) is 3.12. The van der Waals surface area contributed by atoms with Crippen molar-refractivity contribution in [3.8, 4) is 34.8 Å². The maximum Gasteiger partial charge on any atom is 0.234 e. The lowest BCUT2D eigenvalue weighted by atomic mass is 9.96. The molecule has 0 radical (unpaired) electrons. The zero-order valence-electron chi connectivity index (χ0n) is 17.6. The lowest BCUT2D eigenvalue weighted by molar-refractivity contribution is 0.0816. The Kier molecular flexibility index (Phi) is 6.09. The molecule has 0 fully saturated rings. The van der Waals surface area contributed by atoms with Gasteiger partial charge in [-0.05, 0) is 54.6 Å². The van der Waals surface area contributed by atoms with Gasteiger partial charge in [0.15, 0.2) is 11.5 Å². The van der Waals surface area contributed by atoms with Crippen molar-refractivity contribution >= 4 is 11.6 Å². The quantitative estimate of drug-likeness (QED) is 0.348. The van der Waals surface area contributed by atoms with Crippen LogP contribution in [-0.4, -0.2) is 39.0 Å². The number of Topliss-reactive ketones (excluding diaryl/α,β-unsaturated/α-hetero) is 2. The van der Waals surface area contributed by atoms with Crippen LogP contribution in [0.1, 0.15) is 31.8 Å². The molecule has 0 atom stereocenters. The first-order valence-electron chi connectivity index (χ1n) is 9.92. The van der Waals surface area contributed by atoms with Gasteiger partial charge in [-0.25, -0.2) is 0 Å². The van der Waals surface area contributed by atoms with Crippen LogP contribution in [0.15, 0.2) is 60.7 Å². The highest BCUT2D eigenvalue weighted by atomic mass is 16.6. The normalized spacial score (nSPS) is 11.7. The second-order valence-electron chi connectivity index (χ2n) is 6.91. The fraction of sp³-hybridized carbons (Fsp3) is 0.154. The Morgan fingerprint density at radius 3 is 1.91 bits per heavy atom. The number of carbonyl (C=O) groups excluding carboxylic acids is 2. The highest BCUT2D eigenvalue weighted by Crippen LogP contribution is 2.33. The van der Waals surface area contributed by atoms with Crippen molar-refractivity contribution in [1.82, 2.24) is 0 Å². The summed E-state index contributed by atoms with van der Waals surface area (Å²) in [5, 5.41) is 0. The van der Waals surface area contributed by atoms with Gasteiger partial charge in [-0.15, -0.1) is 0 Å². The van der Waals surface area contributed by atoms with Crippen molar-refractivity contribution in [2.24, 2.45) is 0 Å². The van der Waals surface area contributed by atoms with Crippen LogP contribution in [0.5, 0.6) is 23.0 Å². The Bertz CT molecular complexity index is 1210. The average Bonchev–Trinajstić information content (AvgIpc) is 2.86. The Balaban J connectivity index is 1.72. The molecule has 1 heterocycles. The maximum atomic E-state index is 13.1. The first kappa shape index (κ1) is 21.0. The molecular weight excluding hydrogens is 408 g/mol. The molecule has 32 heavy (non-hydrogen) atoms. The summed E-state index contributed by atoms with van der Waals surface area (Å²) in [4.78, 5) is 26.0. The smallest absolute Gasteiger partial charge is 0.234 e. The van der Waals surface area contributed by atoms with E-state index in [1.54, 1.807) is 49.6 Å². The number of fused-ring (bicyclic) bond motifs is 1. The van der Waals surface area contributed by atoms with Gasteiger partial charge in [-0.1, -0.05) is 11.8 Å². The zero-order valence-corrected chi connectivity index (χ0v) is 17.6. The van der Waals surface area contributed by atoms with Gasteiger partial charge in [-0.2, -0.15) is 0 Å². The molecule has 0 saturated carbocycles. The second kappa shape index (κ2) is 9.27. The van der Waals surface area contributed by atoms with E-state index in [0.29, 0.717) is 36.0 Å². The molecule has 3 aromatic carbocycles. The summed E-state index contributed by atoms with van der Waals surface area (Å²) in [6.45, 7) is 0.764. The van der Waals surface area contributed by atoms with E-state index in [4.69, 9.17) is 18.9 Å². The summed E-state index contributed by atoms with van der Waals surface area (Å²) < 4.78 is 21.5. The number of ether oxygens (including phenoxy) is 4. The van der Waals surface area contributed by atoms with Crippen molar-refractivity contribution in [1.29, 1.82) is 0 Å². The van der Waals surface area contributed by atoms with E-state index >= 15 is 0 Å². The van der Waals surface area contributed by atoms with Gasteiger partial charge < -0.3 is 18.9 Å². The Morgan fingerprint density at radius 2 is 1.31 bits per heavy atom. The van der Waals surface area contributed by atoms with E-state index in [1.807, 2.05) is 12.1 Å². The van der Waals surface area contributed by atoms with Crippen LogP contribution in [0.4, 0.5) is 0 Å². The van der Waals surface area contributed by atoms with Crippen molar-refractivity contribution in [2.45, 2.75) is 0 Å². The zero-order chi connectivity index (χ0) is 22.5. The molecule has 0 amide bonds. The average molecular weight is 428 g/mol. The van der Waals surface area contributed by atoms with Crippen LogP contribution in [0.3, 0.4) is 0 Å². The van der Waals surface area contributed by atoms with Gasteiger partial charge in [0.2, 0.25) is 11.6 Å². The van der Waals surface area contributed by atoms with Crippen molar-refractivity contribution in [3.63, 3.8) is 0 Å². The van der Waals surface area contributed by atoms with Crippen molar-refractivity contribution in [2.75, 3.05) is 27.4 Å². The third-order valence-corrected chi connectivity index (χ3v) is 4.92. The van der Waals surface area contributed by atoms with Crippen LogP contribution < -0.4 is 18.9 Å². The topological polar surface area (TPSA) is 71.1 Å².